The standard InChI is InChI=1S/C15H22N2O2S/c1-3-5-6-7-8-12-10-17-13(9-14(18)19-4-2)11-20-15(17)16-12/h10-11H,3-9H2,1-2H3. The monoisotopic (exact) mass is 294 g/mol. The van der Waals surface area contributed by atoms with Gasteiger partial charge in [0.1, 0.15) is 0 Å². The number of carbonyl (C=O) groups is 1. The maximum absolute atomic E-state index is 11.6. The summed E-state index contributed by atoms with van der Waals surface area (Å²) < 4.78 is 7.02. The third-order valence-electron chi connectivity index (χ3n) is 3.25. The topological polar surface area (TPSA) is 43.6 Å². The van der Waals surface area contributed by atoms with Crippen molar-refractivity contribution in [1.82, 2.24) is 9.38 Å². The number of nitrogens with zero attached hydrogens (tertiary/aromatic N) is 2. The molecule has 0 aromatic carbocycles. The van der Waals surface area contributed by atoms with Gasteiger partial charge in [-0.1, -0.05) is 26.2 Å². The number of carbonyl (C=O) groups excluding carboxylic acids is 1. The van der Waals surface area contributed by atoms with Crippen molar-refractivity contribution in [2.24, 2.45) is 0 Å². The summed E-state index contributed by atoms with van der Waals surface area (Å²) in [5.74, 6) is -0.176. The maximum Gasteiger partial charge on any atom is 0.311 e. The summed E-state index contributed by atoms with van der Waals surface area (Å²) >= 11 is 1.58. The first kappa shape index (κ1) is 15.0. The van der Waals surface area contributed by atoms with Crippen LogP contribution in [0.25, 0.3) is 4.96 Å². The fourth-order valence-electron chi connectivity index (χ4n) is 2.22. The minimum atomic E-state index is -0.176. The van der Waals surface area contributed by atoms with E-state index in [4.69, 9.17) is 4.74 Å². The molecule has 20 heavy (non-hydrogen) atoms. The Bertz CT molecular complexity index is 559. The van der Waals surface area contributed by atoms with E-state index in [0.717, 1.165) is 22.8 Å². The van der Waals surface area contributed by atoms with E-state index in [0.29, 0.717) is 13.0 Å². The molecule has 0 spiro atoms. The van der Waals surface area contributed by atoms with E-state index in [1.165, 1.54) is 25.7 Å². The van der Waals surface area contributed by atoms with Crippen LogP contribution in [0.3, 0.4) is 0 Å². The number of aryl methyl sites for hydroxylation is 1. The van der Waals surface area contributed by atoms with Crippen LogP contribution in [-0.4, -0.2) is 22.0 Å². The van der Waals surface area contributed by atoms with Gasteiger partial charge in [0.15, 0.2) is 4.96 Å². The number of rotatable bonds is 8. The molecule has 4 nitrogen and oxygen atoms in total. The molecule has 0 unspecified atom stereocenters. The van der Waals surface area contributed by atoms with Gasteiger partial charge in [0.05, 0.1) is 18.7 Å². The Hall–Kier alpha value is -1.36. The van der Waals surface area contributed by atoms with Crippen LogP contribution in [0.15, 0.2) is 11.6 Å². The van der Waals surface area contributed by atoms with E-state index in [1.54, 1.807) is 11.3 Å². The van der Waals surface area contributed by atoms with Gasteiger partial charge in [-0.2, -0.15) is 0 Å². The van der Waals surface area contributed by atoms with Gasteiger partial charge >= 0.3 is 5.97 Å². The first-order valence-electron chi connectivity index (χ1n) is 7.34. The molecular formula is C15H22N2O2S. The van der Waals surface area contributed by atoms with E-state index < -0.39 is 0 Å². The fraction of sp³-hybridized carbons (Fsp3) is 0.600. The molecule has 0 aliphatic carbocycles. The zero-order valence-electron chi connectivity index (χ0n) is 12.2. The summed E-state index contributed by atoms with van der Waals surface area (Å²) in [5, 5.41) is 1.99. The summed E-state index contributed by atoms with van der Waals surface area (Å²) in [6.45, 7) is 4.47. The molecular weight excluding hydrogens is 272 g/mol. The van der Waals surface area contributed by atoms with Crippen molar-refractivity contribution in [3.8, 4) is 0 Å². The Balaban J connectivity index is 1.99. The van der Waals surface area contributed by atoms with Crippen LogP contribution >= 0.6 is 11.3 Å². The molecule has 2 aromatic rings. The normalized spacial score (nSPS) is 11.1. The Morgan fingerprint density at radius 2 is 2.20 bits per heavy atom. The average molecular weight is 294 g/mol. The second-order valence-corrected chi connectivity index (χ2v) is 5.74. The first-order valence-corrected chi connectivity index (χ1v) is 8.22. The molecule has 0 saturated carbocycles. The molecule has 2 rings (SSSR count). The van der Waals surface area contributed by atoms with Crippen LogP contribution in [0.2, 0.25) is 0 Å². The number of unbranched alkanes of at least 4 members (excludes halogenated alkanes) is 3. The largest absolute Gasteiger partial charge is 0.466 e. The number of thiazole rings is 1. The number of aromatic nitrogens is 2. The lowest BCUT2D eigenvalue weighted by molar-refractivity contribution is -0.142. The molecule has 110 valence electrons. The van der Waals surface area contributed by atoms with Crippen molar-refractivity contribution in [2.45, 2.75) is 52.4 Å². The first-order chi connectivity index (χ1) is 9.74. The number of ether oxygens (including phenoxy) is 1. The quantitative estimate of drug-likeness (QED) is 0.551. The smallest absolute Gasteiger partial charge is 0.311 e. The van der Waals surface area contributed by atoms with E-state index in [1.807, 2.05) is 16.7 Å². The van der Waals surface area contributed by atoms with Gasteiger partial charge in [0.2, 0.25) is 0 Å². The van der Waals surface area contributed by atoms with Crippen molar-refractivity contribution in [3.63, 3.8) is 0 Å². The average Bonchev–Trinajstić information content (AvgIpc) is 2.97. The van der Waals surface area contributed by atoms with E-state index >= 15 is 0 Å². The molecule has 0 saturated heterocycles. The lowest BCUT2D eigenvalue weighted by atomic mass is 10.1. The fourth-order valence-corrected chi connectivity index (χ4v) is 3.11. The molecule has 0 atom stereocenters. The number of fused-ring (bicyclic) bond motifs is 1. The van der Waals surface area contributed by atoms with Crippen molar-refractivity contribution in [1.29, 1.82) is 0 Å². The number of hydrogen-bond donors (Lipinski definition) is 0. The lowest BCUT2D eigenvalue weighted by Gasteiger charge is -2.00. The van der Waals surface area contributed by atoms with Crippen molar-refractivity contribution < 1.29 is 9.53 Å². The number of imidazole rings is 1. The maximum atomic E-state index is 11.6. The van der Waals surface area contributed by atoms with Gasteiger partial charge in [-0.05, 0) is 19.8 Å². The van der Waals surface area contributed by atoms with Gasteiger partial charge in [0, 0.05) is 17.3 Å². The Kier molecular flexibility index (Phi) is 5.59. The molecule has 0 aliphatic rings. The molecule has 2 aromatic heterocycles. The highest BCUT2D eigenvalue weighted by Gasteiger charge is 2.11. The second kappa shape index (κ2) is 7.43. The van der Waals surface area contributed by atoms with Crippen LogP contribution in [0.4, 0.5) is 0 Å². The highest BCUT2D eigenvalue weighted by atomic mass is 32.1. The second-order valence-electron chi connectivity index (χ2n) is 4.90. The zero-order chi connectivity index (χ0) is 14.4. The Morgan fingerprint density at radius 1 is 1.35 bits per heavy atom. The highest BCUT2D eigenvalue weighted by Crippen LogP contribution is 2.18. The van der Waals surface area contributed by atoms with Crippen LogP contribution in [-0.2, 0) is 22.4 Å². The third-order valence-corrected chi connectivity index (χ3v) is 4.14. The van der Waals surface area contributed by atoms with Crippen molar-refractivity contribution >= 4 is 22.3 Å². The van der Waals surface area contributed by atoms with Crippen molar-refractivity contribution in [3.05, 3.63) is 23.0 Å². The highest BCUT2D eigenvalue weighted by molar-refractivity contribution is 7.15. The number of esters is 1. The van der Waals surface area contributed by atoms with E-state index in [2.05, 4.69) is 18.1 Å². The lowest BCUT2D eigenvalue weighted by Crippen LogP contribution is -2.08. The molecule has 5 heteroatoms. The zero-order valence-corrected chi connectivity index (χ0v) is 13.0. The van der Waals surface area contributed by atoms with Gasteiger partial charge in [0.25, 0.3) is 0 Å². The van der Waals surface area contributed by atoms with Crippen LogP contribution in [0.5, 0.6) is 0 Å². The van der Waals surface area contributed by atoms with Gasteiger partial charge in [-0.3, -0.25) is 9.20 Å². The van der Waals surface area contributed by atoms with Crippen LogP contribution in [0, 0.1) is 0 Å². The van der Waals surface area contributed by atoms with Crippen LogP contribution in [0.1, 0.15) is 50.9 Å². The summed E-state index contributed by atoms with van der Waals surface area (Å²) in [5.41, 5.74) is 2.09. The summed E-state index contributed by atoms with van der Waals surface area (Å²) in [4.78, 5) is 17.1. The predicted molar refractivity (Wildman–Crippen MR) is 81.3 cm³/mol. The number of hydrogen-bond acceptors (Lipinski definition) is 4. The molecule has 0 fully saturated rings. The van der Waals surface area contributed by atoms with Gasteiger partial charge < -0.3 is 4.74 Å². The Labute approximate surface area is 123 Å². The predicted octanol–water partition coefficient (Wildman–Crippen LogP) is 3.62. The molecule has 2 heterocycles. The molecule has 0 radical (unpaired) electrons. The minimum Gasteiger partial charge on any atom is -0.466 e. The van der Waals surface area contributed by atoms with Gasteiger partial charge in [-0.25, -0.2) is 4.98 Å². The van der Waals surface area contributed by atoms with E-state index in [9.17, 15) is 4.79 Å². The summed E-state index contributed by atoms with van der Waals surface area (Å²) in [6, 6.07) is 0. The third kappa shape index (κ3) is 3.82. The summed E-state index contributed by atoms with van der Waals surface area (Å²) in [6.07, 6.45) is 8.39. The Morgan fingerprint density at radius 3 is 2.95 bits per heavy atom. The minimum absolute atomic E-state index is 0.176. The SMILES string of the molecule is CCCCCCc1cn2c(CC(=O)OCC)csc2n1. The van der Waals surface area contributed by atoms with Crippen molar-refractivity contribution in [2.75, 3.05) is 6.61 Å². The van der Waals surface area contributed by atoms with Crippen LogP contribution < -0.4 is 0 Å². The molecule has 0 amide bonds. The summed E-state index contributed by atoms with van der Waals surface area (Å²) in [7, 11) is 0. The molecule has 0 aliphatic heterocycles. The molecule has 0 bridgehead atoms. The molecule has 0 N–H and O–H groups in total. The van der Waals surface area contributed by atoms with Gasteiger partial charge in [-0.15, -0.1) is 11.3 Å². The van der Waals surface area contributed by atoms with E-state index in [-0.39, 0.29) is 5.97 Å².